The van der Waals surface area contributed by atoms with Crippen molar-refractivity contribution in [3.63, 3.8) is 0 Å². The normalized spacial score (nSPS) is 15.4. The Hall–Kier alpha value is -2.38. The molecule has 25 heavy (non-hydrogen) atoms. The van der Waals surface area contributed by atoms with Crippen LogP contribution >= 0.6 is 24.0 Å². The maximum absolute atomic E-state index is 13.0. The largest absolute Gasteiger partial charge is 0.493 e. The fraction of sp³-hybridized carbons (Fsp3) is 0.111. The second-order valence-corrected chi connectivity index (χ2v) is 6.86. The van der Waals surface area contributed by atoms with Gasteiger partial charge in [-0.1, -0.05) is 48.2 Å². The number of ether oxygens (including phenoxy) is 2. The van der Waals surface area contributed by atoms with Gasteiger partial charge in [-0.05, 0) is 29.8 Å². The number of halogens is 1. The Labute approximate surface area is 154 Å². The standard InChI is InChI=1S/C18H14FNO3S2/c1-22-14-4-2-3-12(9-15-17(21)20-18(24)25-15)16(14)23-10-11-5-7-13(19)8-6-11/h2-9H,10H2,1H3,(H,20,21,24). The minimum Gasteiger partial charge on any atom is -0.493 e. The highest BCUT2D eigenvalue weighted by molar-refractivity contribution is 8.26. The first kappa shape index (κ1) is 17.4. The zero-order valence-corrected chi connectivity index (χ0v) is 14.9. The van der Waals surface area contributed by atoms with Crippen molar-refractivity contribution in [1.29, 1.82) is 0 Å². The molecule has 0 saturated carbocycles. The van der Waals surface area contributed by atoms with Crippen LogP contribution in [0.4, 0.5) is 4.39 Å². The van der Waals surface area contributed by atoms with Crippen molar-refractivity contribution in [3.05, 3.63) is 64.3 Å². The van der Waals surface area contributed by atoms with E-state index in [0.717, 1.165) is 5.56 Å². The molecule has 0 spiro atoms. The maximum atomic E-state index is 13.0. The fourth-order valence-electron chi connectivity index (χ4n) is 2.26. The van der Waals surface area contributed by atoms with Gasteiger partial charge in [0.15, 0.2) is 11.5 Å². The van der Waals surface area contributed by atoms with E-state index in [-0.39, 0.29) is 18.3 Å². The number of rotatable bonds is 5. The van der Waals surface area contributed by atoms with Crippen LogP contribution in [0.2, 0.25) is 0 Å². The van der Waals surface area contributed by atoms with E-state index in [2.05, 4.69) is 5.32 Å². The summed E-state index contributed by atoms with van der Waals surface area (Å²) in [4.78, 5) is 12.4. The van der Waals surface area contributed by atoms with E-state index in [0.29, 0.717) is 26.3 Å². The molecule has 2 aromatic rings. The van der Waals surface area contributed by atoms with Crippen molar-refractivity contribution in [2.45, 2.75) is 6.61 Å². The van der Waals surface area contributed by atoms with Gasteiger partial charge in [0.2, 0.25) is 0 Å². The molecule has 0 radical (unpaired) electrons. The number of methoxy groups -OCH3 is 1. The smallest absolute Gasteiger partial charge is 0.263 e. The molecule has 1 aliphatic rings. The number of thiocarbonyl (C=S) groups is 1. The summed E-state index contributed by atoms with van der Waals surface area (Å²) >= 11 is 6.20. The minimum absolute atomic E-state index is 0.234. The highest BCUT2D eigenvalue weighted by Gasteiger charge is 2.23. The van der Waals surface area contributed by atoms with E-state index < -0.39 is 0 Å². The van der Waals surface area contributed by atoms with Crippen LogP contribution in [0.5, 0.6) is 11.5 Å². The summed E-state index contributed by atoms with van der Waals surface area (Å²) < 4.78 is 24.7. The lowest BCUT2D eigenvalue weighted by atomic mass is 10.1. The van der Waals surface area contributed by atoms with Crippen LogP contribution in [0.3, 0.4) is 0 Å². The topological polar surface area (TPSA) is 47.6 Å². The fourth-order valence-corrected chi connectivity index (χ4v) is 3.30. The molecule has 0 aromatic heterocycles. The van der Waals surface area contributed by atoms with Crippen molar-refractivity contribution in [2.24, 2.45) is 0 Å². The highest BCUT2D eigenvalue weighted by Crippen LogP contribution is 2.35. The first-order valence-corrected chi connectivity index (χ1v) is 8.58. The van der Waals surface area contributed by atoms with Crippen molar-refractivity contribution < 1.29 is 18.7 Å². The number of carbonyl (C=O) groups excluding carboxylic acids is 1. The average Bonchev–Trinajstić information content (AvgIpc) is 2.92. The SMILES string of the molecule is COc1cccc(C=C2SC(=S)NC2=O)c1OCc1ccc(F)cc1. The molecule has 4 nitrogen and oxygen atoms in total. The molecule has 2 aromatic carbocycles. The lowest BCUT2D eigenvalue weighted by Crippen LogP contribution is -2.17. The molecular weight excluding hydrogens is 361 g/mol. The predicted molar refractivity (Wildman–Crippen MR) is 100 cm³/mol. The molecule has 0 bridgehead atoms. The monoisotopic (exact) mass is 375 g/mol. The van der Waals surface area contributed by atoms with Gasteiger partial charge in [0.25, 0.3) is 5.91 Å². The number of hydrogen-bond donors (Lipinski definition) is 1. The average molecular weight is 375 g/mol. The Morgan fingerprint density at radius 3 is 2.64 bits per heavy atom. The molecule has 1 amide bonds. The van der Waals surface area contributed by atoms with E-state index in [9.17, 15) is 9.18 Å². The Bertz CT molecular complexity index is 850. The molecule has 1 heterocycles. The van der Waals surface area contributed by atoms with Crippen molar-refractivity contribution in [1.82, 2.24) is 5.32 Å². The van der Waals surface area contributed by atoms with Gasteiger partial charge in [-0.25, -0.2) is 4.39 Å². The Morgan fingerprint density at radius 2 is 2.00 bits per heavy atom. The third kappa shape index (κ3) is 4.18. The van der Waals surface area contributed by atoms with Gasteiger partial charge in [-0.2, -0.15) is 0 Å². The number of hydrogen-bond acceptors (Lipinski definition) is 5. The highest BCUT2D eigenvalue weighted by atomic mass is 32.2. The van der Waals surface area contributed by atoms with E-state index in [4.69, 9.17) is 21.7 Å². The van der Waals surface area contributed by atoms with Crippen LogP contribution in [0.1, 0.15) is 11.1 Å². The molecule has 0 unspecified atom stereocenters. The van der Waals surface area contributed by atoms with Crippen LogP contribution in [0, 0.1) is 5.82 Å². The first-order chi connectivity index (χ1) is 12.1. The molecule has 3 rings (SSSR count). The second kappa shape index (κ2) is 7.67. The molecule has 7 heteroatoms. The van der Waals surface area contributed by atoms with Crippen LogP contribution in [-0.2, 0) is 11.4 Å². The Morgan fingerprint density at radius 1 is 1.24 bits per heavy atom. The van der Waals surface area contributed by atoms with Gasteiger partial charge < -0.3 is 14.8 Å². The number of benzene rings is 2. The summed E-state index contributed by atoms with van der Waals surface area (Å²) in [5.41, 5.74) is 1.52. The molecule has 1 fully saturated rings. The van der Waals surface area contributed by atoms with Crippen molar-refractivity contribution in [3.8, 4) is 11.5 Å². The predicted octanol–water partition coefficient (Wildman–Crippen LogP) is 3.90. The van der Waals surface area contributed by atoms with Crippen LogP contribution in [0.15, 0.2) is 47.4 Å². The number of nitrogens with one attached hydrogen (secondary N) is 1. The molecule has 1 N–H and O–H groups in total. The maximum Gasteiger partial charge on any atom is 0.263 e. The molecular formula is C18H14FNO3S2. The van der Waals surface area contributed by atoms with Gasteiger partial charge in [0.05, 0.1) is 12.0 Å². The van der Waals surface area contributed by atoms with Gasteiger partial charge in [-0.15, -0.1) is 0 Å². The van der Waals surface area contributed by atoms with Gasteiger partial charge in [0, 0.05) is 5.56 Å². The van der Waals surface area contributed by atoms with Gasteiger partial charge in [0.1, 0.15) is 16.7 Å². The molecule has 0 atom stereocenters. The van der Waals surface area contributed by atoms with Crippen LogP contribution < -0.4 is 14.8 Å². The molecule has 0 aliphatic carbocycles. The summed E-state index contributed by atoms with van der Waals surface area (Å²) in [5.74, 6) is 0.518. The van der Waals surface area contributed by atoms with Crippen LogP contribution in [-0.4, -0.2) is 17.3 Å². The Balaban J connectivity index is 1.89. The molecule has 1 saturated heterocycles. The zero-order chi connectivity index (χ0) is 17.8. The summed E-state index contributed by atoms with van der Waals surface area (Å²) in [6.07, 6.45) is 1.71. The summed E-state index contributed by atoms with van der Waals surface area (Å²) in [6, 6.07) is 11.5. The Kier molecular flexibility index (Phi) is 5.35. The van der Waals surface area contributed by atoms with Crippen molar-refractivity contribution >= 4 is 40.3 Å². The lowest BCUT2D eigenvalue weighted by Gasteiger charge is -2.13. The molecule has 128 valence electrons. The zero-order valence-electron chi connectivity index (χ0n) is 13.2. The van der Waals surface area contributed by atoms with E-state index in [1.165, 1.54) is 23.9 Å². The lowest BCUT2D eigenvalue weighted by molar-refractivity contribution is -0.115. The van der Waals surface area contributed by atoms with Crippen LogP contribution in [0.25, 0.3) is 6.08 Å². The minimum atomic E-state index is -0.299. The number of para-hydroxylation sites is 1. The first-order valence-electron chi connectivity index (χ1n) is 7.36. The quantitative estimate of drug-likeness (QED) is 0.634. The second-order valence-electron chi connectivity index (χ2n) is 5.15. The summed E-state index contributed by atoms with van der Waals surface area (Å²) in [7, 11) is 1.54. The third-order valence-electron chi connectivity index (χ3n) is 3.45. The van der Waals surface area contributed by atoms with E-state index in [1.807, 2.05) is 12.1 Å². The van der Waals surface area contributed by atoms with Gasteiger partial charge in [-0.3, -0.25) is 4.79 Å². The third-order valence-corrected chi connectivity index (χ3v) is 4.62. The van der Waals surface area contributed by atoms with E-state index in [1.54, 1.807) is 31.4 Å². The summed E-state index contributed by atoms with van der Waals surface area (Å²) in [5, 5.41) is 2.58. The number of carbonyl (C=O) groups is 1. The van der Waals surface area contributed by atoms with E-state index >= 15 is 0 Å². The number of amides is 1. The van der Waals surface area contributed by atoms with Crippen molar-refractivity contribution in [2.75, 3.05) is 7.11 Å². The summed E-state index contributed by atoms with van der Waals surface area (Å²) in [6.45, 7) is 0.245. The molecule has 1 aliphatic heterocycles. The van der Waals surface area contributed by atoms with Gasteiger partial charge >= 0.3 is 0 Å². The number of thioether (sulfide) groups is 1.